The molecule has 1 rings (SSSR count). The molecule has 0 radical (unpaired) electrons. The van der Waals surface area contributed by atoms with E-state index in [0.29, 0.717) is 6.61 Å². The van der Waals surface area contributed by atoms with Gasteiger partial charge in [-0.3, -0.25) is 9.59 Å². The van der Waals surface area contributed by atoms with E-state index in [-0.39, 0.29) is 30.9 Å². The van der Waals surface area contributed by atoms with Gasteiger partial charge in [0.1, 0.15) is 6.10 Å². The summed E-state index contributed by atoms with van der Waals surface area (Å²) in [5.41, 5.74) is 0. The first-order chi connectivity index (χ1) is 8.22. The molecule has 0 bridgehead atoms. The van der Waals surface area contributed by atoms with Crippen molar-refractivity contribution in [1.29, 1.82) is 0 Å². The Labute approximate surface area is 103 Å². The van der Waals surface area contributed by atoms with Crippen LogP contribution in [0.15, 0.2) is 0 Å². The molecule has 0 aromatic heterocycles. The minimum Gasteiger partial charge on any atom is -0.466 e. The van der Waals surface area contributed by atoms with Crippen LogP contribution in [0.2, 0.25) is 0 Å². The Morgan fingerprint density at radius 1 is 1.00 bits per heavy atom. The lowest BCUT2D eigenvalue weighted by molar-refractivity contribution is -0.154. The molecule has 17 heavy (non-hydrogen) atoms. The SMILES string of the molecule is CCOC(=O)CCC(=O)OC1CCCCCC1. The maximum absolute atomic E-state index is 11.5. The molecule has 0 unspecified atom stereocenters. The molecule has 4 nitrogen and oxygen atoms in total. The summed E-state index contributed by atoms with van der Waals surface area (Å²) < 4.78 is 10.1. The van der Waals surface area contributed by atoms with Crippen LogP contribution in [0.4, 0.5) is 0 Å². The normalized spacial score (nSPS) is 17.2. The van der Waals surface area contributed by atoms with Crippen LogP contribution in [-0.4, -0.2) is 24.6 Å². The van der Waals surface area contributed by atoms with E-state index in [0.717, 1.165) is 25.7 Å². The van der Waals surface area contributed by atoms with Crippen LogP contribution in [-0.2, 0) is 19.1 Å². The third kappa shape index (κ3) is 6.29. The first-order valence-corrected chi connectivity index (χ1v) is 6.57. The van der Waals surface area contributed by atoms with E-state index in [1.165, 1.54) is 12.8 Å². The summed E-state index contributed by atoms with van der Waals surface area (Å²) in [5, 5.41) is 0. The minimum atomic E-state index is -0.328. The van der Waals surface area contributed by atoms with E-state index in [4.69, 9.17) is 9.47 Å². The number of carbonyl (C=O) groups excluding carboxylic acids is 2. The summed E-state index contributed by atoms with van der Waals surface area (Å²) in [6.45, 7) is 2.11. The van der Waals surface area contributed by atoms with Gasteiger partial charge >= 0.3 is 11.9 Å². The molecular formula is C13H22O4. The maximum Gasteiger partial charge on any atom is 0.306 e. The Morgan fingerprint density at radius 2 is 1.59 bits per heavy atom. The molecule has 0 spiro atoms. The number of rotatable bonds is 5. The van der Waals surface area contributed by atoms with E-state index >= 15 is 0 Å². The number of hydrogen-bond acceptors (Lipinski definition) is 4. The summed E-state index contributed by atoms with van der Waals surface area (Å²) in [5.74, 6) is -0.602. The highest BCUT2D eigenvalue weighted by molar-refractivity contribution is 5.77. The smallest absolute Gasteiger partial charge is 0.306 e. The highest BCUT2D eigenvalue weighted by Crippen LogP contribution is 2.20. The Hall–Kier alpha value is -1.06. The quantitative estimate of drug-likeness (QED) is 0.549. The van der Waals surface area contributed by atoms with E-state index in [9.17, 15) is 9.59 Å². The van der Waals surface area contributed by atoms with E-state index < -0.39 is 0 Å². The number of esters is 2. The summed E-state index contributed by atoms with van der Waals surface area (Å²) >= 11 is 0. The maximum atomic E-state index is 11.5. The van der Waals surface area contributed by atoms with Crippen LogP contribution < -0.4 is 0 Å². The standard InChI is InChI=1S/C13H22O4/c1-2-16-12(14)9-10-13(15)17-11-7-5-3-4-6-8-11/h11H,2-10H2,1H3. The summed E-state index contributed by atoms with van der Waals surface area (Å²) in [4.78, 5) is 22.6. The lowest BCUT2D eigenvalue weighted by atomic mass is 10.1. The van der Waals surface area contributed by atoms with Gasteiger partial charge in [0.2, 0.25) is 0 Å². The van der Waals surface area contributed by atoms with Crippen LogP contribution in [0.1, 0.15) is 58.3 Å². The molecule has 1 fully saturated rings. The number of carbonyl (C=O) groups is 2. The zero-order valence-electron chi connectivity index (χ0n) is 10.6. The summed E-state index contributed by atoms with van der Waals surface area (Å²) in [6, 6.07) is 0. The van der Waals surface area contributed by atoms with Crippen molar-refractivity contribution in [1.82, 2.24) is 0 Å². The first-order valence-electron chi connectivity index (χ1n) is 6.57. The van der Waals surface area contributed by atoms with E-state index in [1.54, 1.807) is 6.92 Å². The van der Waals surface area contributed by atoms with Crippen LogP contribution in [0.5, 0.6) is 0 Å². The van der Waals surface area contributed by atoms with Gasteiger partial charge in [-0.2, -0.15) is 0 Å². The fraction of sp³-hybridized carbons (Fsp3) is 0.846. The fourth-order valence-electron chi connectivity index (χ4n) is 2.04. The zero-order chi connectivity index (χ0) is 12.5. The van der Waals surface area contributed by atoms with Crippen molar-refractivity contribution in [2.24, 2.45) is 0 Å². The molecule has 1 aliphatic carbocycles. The Morgan fingerprint density at radius 3 is 2.18 bits per heavy atom. The van der Waals surface area contributed by atoms with Gasteiger partial charge in [-0.1, -0.05) is 12.8 Å². The fourth-order valence-corrected chi connectivity index (χ4v) is 2.04. The van der Waals surface area contributed by atoms with Gasteiger partial charge in [0, 0.05) is 0 Å². The molecule has 0 aromatic carbocycles. The molecule has 0 N–H and O–H groups in total. The molecule has 0 saturated heterocycles. The van der Waals surface area contributed by atoms with Crippen LogP contribution in [0.25, 0.3) is 0 Å². The Balaban J connectivity index is 2.17. The van der Waals surface area contributed by atoms with Gasteiger partial charge in [-0.15, -0.1) is 0 Å². The monoisotopic (exact) mass is 242 g/mol. The van der Waals surface area contributed by atoms with E-state index in [1.807, 2.05) is 0 Å². The minimum absolute atomic E-state index is 0.0622. The van der Waals surface area contributed by atoms with Crippen molar-refractivity contribution in [3.8, 4) is 0 Å². The van der Waals surface area contributed by atoms with Crippen LogP contribution in [0, 0.1) is 0 Å². The Bertz CT molecular complexity index is 242. The van der Waals surface area contributed by atoms with Gasteiger partial charge < -0.3 is 9.47 Å². The molecule has 1 aliphatic rings. The second-order valence-electron chi connectivity index (χ2n) is 4.41. The van der Waals surface area contributed by atoms with Crippen molar-refractivity contribution in [3.05, 3.63) is 0 Å². The van der Waals surface area contributed by atoms with Crippen molar-refractivity contribution in [2.75, 3.05) is 6.61 Å². The van der Waals surface area contributed by atoms with Crippen LogP contribution in [0.3, 0.4) is 0 Å². The van der Waals surface area contributed by atoms with Gasteiger partial charge in [0.05, 0.1) is 19.4 Å². The largest absolute Gasteiger partial charge is 0.466 e. The topological polar surface area (TPSA) is 52.6 Å². The van der Waals surface area contributed by atoms with Crippen molar-refractivity contribution in [2.45, 2.75) is 64.4 Å². The zero-order valence-corrected chi connectivity index (χ0v) is 10.6. The predicted molar refractivity (Wildman–Crippen MR) is 63.4 cm³/mol. The van der Waals surface area contributed by atoms with Gasteiger partial charge in [0.25, 0.3) is 0 Å². The first kappa shape index (κ1) is 14.0. The second-order valence-corrected chi connectivity index (χ2v) is 4.41. The third-order valence-electron chi connectivity index (χ3n) is 2.94. The average molecular weight is 242 g/mol. The van der Waals surface area contributed by atoms with E-state index in [2.05, 4.69) is 0 Å². The van der Waals surface area contributed by atoms with Crippen molar-refractivity contribution in [3.63, 3.8) is 0 Å². The summed E-state index contributed by atoms with van der Waals surface area (Å²) in [6.07, 6.45) is 6.98. The molecular weight excluding hydrogens is 220 g/mol. The molecule has 98 valence electrons. The molecule has 0 amide bonds. The number of hydrogen-bond donors (Lipinski definition) is 0. The van der Waals surface area contributed by atoms with Gasteiger partial charge in [0.15, 0.2) is 0 Å². The lowest BCUT2D eigenvalue weighted by Crippen LogP contribution is -2.18. The number of ether oxygens (including phenoxy) is 2. The molecule has 0 atom stereocenters. The highest BCUT2D eigenvalue weighted by atomic mass is 16.5. The lowest BCUT2D eigenvalue weighted by Gasteiger charge is -2.15. The Kier molecular flexibility index (Phi) is 6.67. The second kappa shape index (κ2) is 8.09. The van der Waals surface area contributed by atoms with Crippen molar-refractivity contribution < 1.29 is 19.1 Å². The van der Waals surface area contributed by atoms with Gasteiger partial charge in [-0.25, -0.2) is 0 Å². The average Bonchev–Trinajstić information content (AvgIpc) is 2.55. The summed E-state index contributed by atoms with van der Waals surface area (Å²) in [7, 11) is 0. The van der Waals surface area contributed by atoms with Gasteiger partial charge in [-0.05, 0) is 32.6 Å². The molecule has 0 heterocycles. The molecule has 0 aliphatic heterocycles. The van der Waals surface area contributed by atoms with Crippen LogP contribution >= 0.6 is 0 Å². The van der Waals surface area contributed by atoms with Crippen molar-refractivity contribution >= 4 is 11.9 Å². The highest BCUT2D eigenvalue weighted by Gasteiger charge is 2.17. The predicted octanol–water partition coefficient (Wildman–Crippen LogP) is 2.60. The molecule has 0 aromatic rings. The molecule has 4 heteroatoms. The molecule has 1 saturated carbocycles. The third-order valence-corrected chi connectivity index (χ3v) is 2.94.